The maximum atomic E-state index is 10.8. The van der Waals surface area contributed by atoms with Gasteiger partial charge in [0.1, 0.15) is 0 Å². The standard InChI is InChI=1S/C24H34N2O3/c1-3-4-5-6-7-8-9-11-20-16-19(21-17-25-26(2)18-21)14-15-22(20)23(27)12-10-13-24(28)29/h9,11,14-18,23,27H,3-8,10,12-13H2,1-2H3,(H,28,29)/b11-9+. The summed E-state index contributed by atoms with van der Waals surface area (Å²) in [5, 5.41) is 23.7. The maximum Gasteiger partial charge on any atom is 0.303 e. The number of unbranched alkanes of at least 4 members (excludes halogenated alkanes) is 5. The first-order valence-corrected chi connectivity index (χ1v) is 10.7. The van der Waals surface area contributed by atoms with Crippen molar-refractivity contribution in [2.75, 3.05) is 0 Å². The van der Waals surface area contributed by atoms with Gasteiger partial charge in [0, 0.05) is 25.2 Å². The van der Waals surface area contributed by atoms with Crippen molar-refractivity contribution >= 4 is 12.0 Å². The van der Waals surface area contributed by atoms with Crippen molar-refractivity contribution in [2.45, 2.75) is 70.8 Å². The summed E-state index contributed by atoms with van der Waals surface area (Å²) in [6, 6.07) is 6.03. The lowest BCUT2D eigenvalue weighted by Gasteiger charge is -2.15. The molecule has 29 heavy (non-hydrogen) atoms. The highest BCUT2D eigenvalue weighted by Gasteiger charge is 2.13. The zero-order chi connectivity index (χ0) is 21.1. The van der Waals surface area contributed by atoms with Crippen molar-refractivity contribution in [3.8, 4) is 11.1 Å². The molecule has 1 unspecified atom stereocenters. The Morgan fingerprint density at radius 1 is 1.17 bits per heavy atom. The van der Waals surface area contributed by atoms with E-state index in [1.807, 2.05) is 31.6 Å². The summed E-state index contributed by atoms with van der Waals surface area (Å²) in [7, 11) is 1.89. The van der Waals surface area contributed by atoms with Gasteiger partial charge >= 0.3 is 5.97 Å². The predicted molar refractivity (Wildman–Crippen MR) is 118 cm³/mol. The van der Waals surface area contributed by atoms with E-state index in [4.69, 9.17) is 5.11 Å². The number of carboxylic acids is 1. The van der Waals surface area contributed by atoms with Crippen LogP contribution in [0, 0.1) is 0 Å². The molecule has 2 aromatic rings. The topological polar surface area (TPSA) is 75.3 Å². The van der Waals surface area contributed by atoms with Crippen LogP contribution in [0.5, 0.6) is 0 Å². The minimum Gasteiger partial charge on any atom is -0.481 e. The number of allylic oxidation sites excluding steroid dienone is 1. The molecule has 0 radical (unpaired) electrons. The fourth-order valence-corrected chi connectivity index (χ4v) is 3.45. The second-order valence-electron chi connectivity index (χ2n) is 7.65. The van der Waals surface area contributed by atoms with E-state index in [1.54, 1.807) is 4.68 Å². The molecule has 0 aliphatic carbocycles. The Bertz CT molecular complexity index is 795. The van der Waals surface area contributed by atoms with E-state index < -0.39 is 12.1 Å². The van der Waals surface area contributed by atoms with E-state index >= 15 is 0 Å². The molecule has 1 atom stereocenters. The van der Waals surface area contributed by atoms with Crippen molar-refractivity contribution < 1.29 is 15.0 Å². The molecular formula is C24H34N2O3. The van der Waals surface area contributed by atoms with E-state index in [2.05, 4.69) is 30.2 Å². The molecule has 0 aliphatic heterocycles. The van der Waals surface area contributed by atoms with Gasteiger partial charge in [-0.15, -0.1) is 0 Å². The van der Waals surface area contributed by atoms with Crippen LogP contribution in [-0.2, 0) is 11.8 Å². The molecule has 0 spiro atoms. The van der Waals surface area contributed by atoms with Gasteiger partial charge in [-0.05, 0) is 48.4 Å². The summed E-state index contributed by atoms with van der Waals surface area (Å²) in [5.41, 5.74) is 3.93. The van der Waals surface area contributed by atoms with Crippen molar-refractivity contribution in [1.29, 1.82) is 0 Å². The number of hydrogen-bond donors (Lipinski definition) is 2. The first kappa shape index (κ1) is 22.9. The Hall–Kier alpha value is -2.40. The normalized spacial score (nSPS) is 12.5. The van der Waals surface area contributed by atoms with Gasteiger partial charge < -0.3 is 10.2 Å². The number of hydrogen-bond acceptors (Lipinski definition) is 3. The van der Waals surface area contributed by atoms with E-state index in [1.165, 1.54) is 32.1 Å². The lowest BCUT2D eigenvalue weighted by Crippen LogP contribution is -2.02. The Balaban J connectivity index is 2.12. The summed E-state index contributed by atoms with van der Waals surface area (Å²) < 4.78 is 1.77. The molecule has 158 valence electrons. The third kappa shape index (κ3) is 7.86. The monoisotopic (exact) mass is 398 g/mol. The van der Waals surface area contributed by atoms with Gasteiger partial charge in [0.15, 0.2) is 0 Å². The van der Waals surface area contributed by atoms with Gasteiger partial charge in [-0.2, -0.15) is 5.10 Å². The Morgan fingerprint density at radius 2 is 1.97 bits per heavy atom. The van der Waals surface area contributed by atoms with E-state index in [-0.39, 0.29) is 6.42 Å². The van der Waals surface area contributed by atoms with Gasteiger partial charge in [0.05, 0.1) is 12.3 Å². The first-order chi connectivity index (χ1) is 14.0. The Morgan fingerprint density at radius 3 is 2.66 bits per heavy atom. The van der Waals surface area contributed by atoms with Gasteiger partial charge in [-0.25, -0.2) is 0 Å². The molecule has 1 aromatic carbocycles. The second kappa shape index (κ2) is 12.2. The SMILES string of the molecule is CCCCCCC/C=C/c1cc(-c2cnn(C)c2)ccc1C(O)CCCC(=O)O. The molecule has 0 amide bonds. The fraction of sp³-hybridized carbons (Fsp3) is 0.500. The van der Waals surface area contributed by atoms with Crippen LogP contribution < -0.4 is 0 Å². The molecule has 5 nitrogen and oxygen atoms in total. The minimum atomic E-state index is -0.827. The van der Waals surface area contributed by atoms with Crippen molar-refractivity contribution in [3.63, 3.8) is 0 Å². The predicted octanol–water partition coefficient (Wildman–Crippen LogP) is 5.75. The average Bonchev–Trinajstić information content (AvgIpc) is 3.13. The lowest BCUT2D eigenvalue weighted by atomic mass is 9.94. The molecule has 0 saturated heterocycles. The number of carbonyl (C=O) groups is 1. The average molecular weight is 399 g/mol. The van der Waals surface area contributed by atoms with E-state index in [0.717, 1.165) is 28.7 Å². The Kier molecular flexibility index (Phi) is 9.65. The number of carboxylic acid groups (broad SMARTS) is 1. The smallest absolute Gasteiger partial charge is 0.303 e. The summed E-state index contributed by atoms with van der Waals surface area (Å²) >= 11 is 0. The minimum absolute atomic E-state index is 0.0771. The number of benzene rings is 1. The van der Waals surface area contributed by atoms with Crippen LogP contribution in [0.2, 0.25) is 0 Å². The van der Waals surface area contributed by atoms with E-state index in [0.29, 0.717) is 12.8 Å². The third-order valence-corrected chi connectivity index (χ3v) is 5.12. The van der Waals surface area contributed by atoms with Crippen molar-refractivity contribution in [3.05, 3.63) is 47.8 Å². The number of aryl methyl sites for hydroxylation is 1. The molecule has 2 rings (SSSR count). The molecule has 0 bridgehead atoms. The number of aliphatic carboxylic acids is 1. The molecule has 1 aromatic heterocycles. The van der Waals surface area contributed by atoms with E-state index in [9.17, 15) is 9.90 Å². The highest BCUT2D eigenvalue weighted by atomic mass is 16.4. The van der Waals surface area contributed by atoms with Crippen LogP contribution >= 0.6 is 0 Å². The summed E-state index contributed by atoms with van der Waals surface area (Å²) in [5.74, 6) is -0.827. The number of nitrogens with zero attached hydrogens (tertiary/aromatic N) is 2. The molecule has 0 aliphatic rings. The molecule has 0 saturated carbocycles. The molecule has 1 heterocycles. The molecule has 0 fully saturated rings. The zero-order valence-electron chi connectivity index (χ0n) is 17.7. The third-order valence-electron chi connectivity index (χ3n) is 5.12. The van der Waals surface area contributed by atoms with Crippen molar-refractivity contribution in [1.82, 2.24) is 9.78 Å². The molecular weight excluding hydrogens is 364 g/mol. The lowest BCUT2D eigenvalue weighted by molar-refractivity contribution is -0.137. The van der Waals surface area contributed by atoms with Crippen LogP contribution in [0.4, 0.5) is 0 Å². The second-order valence-corrected chi connectivity index (χ2v) is 7.65. The quantitative estimate of drug-likeness (QED) is 0.421. The van der Waals surface area contributed by atoms with Crippen LogP contribution in [-0.4, -0.2) is 26.0 Å². The van der Waals surface area contributed by atoms with Crippen LogP contribution in [0.15, 0.2) is 36.7 Å². The largest absolute Gasteiger partial charge is 0.481 e. The first-order valence-electron chi connectivity index (χ1n) is 10.7. The van der Waals surface area contributed by atoms with Gasteiger partial charge in [0.25, 0.3) is 0 Å². The van der Waals surface area contributed by atoms with Gasteiger partial charge in [0.2, 0.25) is 0 Å². The van der Waals surface area contributed by atoms with Crippen LogP contribution in [0.25, 0.3) is 17.2 Å². The molecule has 5 heteroatoms. The van der Waals surface area contributed by atoms with Gasteiger partial charge in [-0.1, -0.05) is 56.9 Å². The summed E-state index contributed by atoms with van der Waals surface area (Å²) in [4.78, 5) is 10.8. The van der Waals surface area contributed by atoms with Gasteiger partial charge in [-0.3, -0.25) is 9.48 Å². The Labute approximate surface area is 174 Å². The molecule has 2 N–H and O–H groups in total. The summed E-state index contributed by atoms with van der Waals surface area (Å²) in [6.45, 7) is 2.22. The number of rotatable bonds is 13. The maximum absolute atomic E-state index is 10.8. The highest BCUT2D eigenvalue weighted by molar-refractivity contribution is 5.68. The van der Waals surface area contributed by atoms with Crippen molar-refractivity contribution in [2.24, 2.45) is 7.05 Å². The fourth-order valence-electron chi connectivity index (χ4n) is 3.45. The van der Waals surface area contributed by atoms with Crippen LogP contribution in [0.1, 0.15) is 81.9 Å². The van der Waals surface area contributed by atoms with Crippen LogP contribution in [0.3, 0.4) is 0 Å². The number of aromatic nitrogens is 2. The highest BCUT2D eigenvalue weighted by Crippen LogP contribution is 2.29. The number of aliphatic hydroxyl groups is 1. The summed E-state index contributed by atoms with van der Waals surface area (Å²) in [6.07, 6.45) is 15.7. The zero-order valence-corrected chi connectivity index (χ0v) is 17.7. The number of aliphatic hydroxyl groups excluding tert-OH is 1.